The molecule has 9 nitrogen and oxygen atoms in total. The first-order valence-electron chi connectivity index (χ1n) is 9.94. The molecule has 0 aromatic rings. The predicted molar refractivity (Wildman–Crippen MR) is 95.7 cm³/mol. The van der Waals surface area contributed by atoms with Crippen LogP contribution in [0.3, 0.4) is 0 Å². The number of hydrogen-bond acceptors (Lipinski definition) is 9. The van der Waals surface area contributed by atoms with E-state index in [1.807, 2.05) is 0 Å². The van der Waals surface area contributed by atoms with Crippen LogP contribution in [0.15, 0.2) is 0 Å². The maximum Gasteiger partial charge on any atom is 0.186 e. The molecule has 9 heteroatoms. The van der Waals surface area contributed by atoms with Crippen LogP contribution in [-0.4, -0.2) is 89.4 Å². The number of aliphatic hydroxyl groups excluding tert-OH is 4. The molecule has 0 unspecified atom stereocenters. The Morgan fingerprint density at radius 1 is 0.815 bits per heavy atom. The Hall–Kier alpha value is -0.360. The van der Waals surface area contributed by atoms with Crippen molar-refractivity contribution in [3.05, 3.63) is 0 Å². The number of rotatable bonds is 12. The van der Waals surface area contributed by atoms with Crippen LogP contribution in [-0.2, 0) is 18.9 Å². The largest absolute Gasteiger partial charge is 0.394 e. The van der Waals surface area contributed by atoms with Gasteiger partial charge in [0.15, 0.2) is 12.6 Å². The molecule has 0 radical (unpaired) electrons. The molecular formula is C18H35NO8. The first-order valence-corrected chi connectivity index (χ1v) is 9.94. The number of unbranched alkanes of at least 4 members (excludes halogenated alkanes) is 5. The zero-order chi connectivity index (χ0) is 19.8. The van der Waals surface area contributed by atoms with Crippen molar-refractivity contribution in [3.63, 3.8) is 0 Å². The Labute approximate surface area is 160 Å². The van der Waals surface area contributed by atoms with Crippen LogP contribution in [0.1, 0.15) is 45.4 Å². The molecule has 0 spiro atoms. The van der Waals surface area contributed by atoms with E-state index in [9.17, 15) is 15.3 Å². The predicted octanol–water partition coefficient (Wildman–Crippen LogP) is -0.768. The van der Waals surface area contributed by atoms with Crippen molar-refractivity contribution in [2.75, 3.05) is 19.8 Å². The highest BCUT2D eigenvalue weighted by Gasteiger charge is 2.46. The molecule has 0 saturated carbocycles. The monoisotopic (exact) mass is 393 g/mol. The van der Waals surface area contributed by atoms with E-state index < -0.39 is 49.1 Å². The van der Waals surface area contributed by atoms with Crippen LogP contribution >= 0.6 is 0 Å². The van der Waals surface area contributed by atoms with Crippen LogP contribution in [0.2, 0.25) is 0 Å². The van der Waals surface area contributed by atoms with Crippen LogP contribution < -0.4 is 5.73 Å². The Balaban J connectivity index is 1.67. The highest BCUT2D eigenvalue weighted by atomic mass is 16.7. The summed E-state index contributed by atoms with van der Waals surface area (Å²) in [5.74, 6) is 0. The maximum atomic E-state index is 10.1. The van der Waals surface area contributed by atoms with Crippen LogP contribution in [0.25, 0.3) is 0 Å². The second-order valence-corrected chi connectivity index (χ2v) is 7.29. The first kappa shape index (κ1) is 22.9. The van der Waals surface area contributed by atoms with Gasteiger partial charge in [-0.2, -0.15) is 0 Å². The number of nitrogens with two attached hydrogens (primary N) is 1. The van der Waals surface area contributed by atoms with Crippen LogP contribution in [0.4, 0.5) is 0 Å². The minimum atomic E-state index is -1.16. The second kappa shape index (κ2) is 11.6. The molecule has 6 N–H and O–H groups in total. The number of ether oxygens (including phenoxy) is 4. The van der Waals surface area contributed by atoms with Crippen molar-refractivity contribution in [3.8, 4) is 0 Å². The zero-order valence-electron chi connectivity index (χ0n) is 16.0. The third-order valence-corrected chi connectivity index (χ3v) is 5.10. The lowest BCUT2D eigenvalue weighted by molar-refractivity contribution is -0.195. The Kier molecular flexibility index (Phi) is 9.85. The summed E-state index contributed by atoms with van der Waals surface area (Å²) in [7, 11) is 0. The average molecular weight is 393 g/mol. The number of hydrogen-bond donors (Lipinski definition) is 5. The van der Waals surface area contributed by atoms with Gasteiger partial charge in [0.05, 0.1) is 19.3 Å². The van der Waals surface area contributed by atoms with Crippen molar-refractivity contribution in [2.24, 2.45) is 5.73 Å². The molecule has 0 amide bonds. The lowest BCUT2D eigenvalue weighted by Crippen LogP contribution is -2.43. The lowest BCUT2D eigenvalue weighted by atomic mass is 10.1. The van der Waals surface area contributed by atoms with E-state index in [4.69, 9.17) is 29.8 Å². The van der Waals surface area contributed by atoms with E-state index in [0.29, 0.717) is 6.61 Å². The van der Waals surface area contributed by atoms with E-state index in [1.165, 1.54) is 19.3 Å². The van der Waals surface area contributed by atoms with Crippen LogP contribution in [0.5, 0.6) is 0 Å². The van der Waals surface area contributed by atoms with Gasteiger partial charge in [0.2, 0.25) is 0 Å². The third kappa shape index (κ3) is 6.31. The molecule has 2 aliphatic heterocycles. The van der Waals surface area contributed by atoms with Gasteiger partial charge in [0, 0.05) is 6.61 Å². The molecule has 160 valence electrons. The van der Waals surface area contributed by atoms with E-state index in [-0.39, 0.29) is 13.2 Å². The fourth-order valence-corrected chi connectivity index (χ4v) is 3.32. The van der Waals surface area contributed by atoms with Crippen molar-refractivity contribution in [1.82, 2.24) is 0 Å². The van der Waals surface area contributed by atoms with Gasteiger partial charge in [-0.3, -0.25) is 0 Å². The standard InChI is InChI=1S/C18H35NO8/c1-2-3-4-5-6-7-8-24-18-16(23)15(22)12(27-18)10-25-17-13(19)14(21)11(9-20)26-17/h11-18,20-23H,2-10,19H2,1H3/t11-,12-,13+,14-,15-,16+,17+,18+/m1/s1. The molecule has 2 rings (SSSR count). The molecule has 2 saturated heterocycles. The SMILES string of the molecule is CCCCCCCCO[C@H]1O[C@H](CO[C@H]2O[C@H](CO)[C@@H](O)[C@@H]2N)[C@@H](O)[C@@H]1O. The molecule has 0 aromatic heterocycles. The summed E-state index contributed by atoms with van der Waals surface area (Å²) in [6.45, 7) is 2.17. The normalized spacial score (nSPS) is 39.3. The molecule has 0 bridgehead atoms. The van der Waals surface area contributed by atoms with Gasteiger partial charge in [-0.1, -0.05) is 39.0 Å². The summed E-state index contributed by atoms with van der Waals surface area (Å²) in [5.41, 5.74) is 5.80. The molecular weight excluding hydrogens is 358 g/mol. The highest BCUT2D eigenvalue weighted by Crippen LogP contribution is 2.25. The first-order chi connectivity index (χ1) is 13.0. The third-order valence-electron chi connectivity index (χ3n) is 5.10. The van der Waals surface area contributed by atoms with Crippen molar-refractivity contribution in [2.45, 2.75) is 94.6 Å². The van der Waals surface area contributed by atoms with Crippen molar-refractivity contribution >= 4 is 0 Å². The Bertz CT molecular complexity index is 415. The molecule has 27 heavy (non-hydrogen) atoms. The second-order valence-electron chi connectivity index (χ2n) is 7.29. The topological polar surface area (TPSA) is 144 Å². The minimum absolute atomic E-state index is 0.0850. The molecule has 0 aliphatic carbocycles. The van der Waals surface area contributed by atoms with Gasteiger partial charge in [-0.05, 0) is 6.42 Å². The molecule has 8 atom stereocenters. The highest BCUT2D eigenvalue weighted by molar-refractivity contribution is 4.91. The quantitative estimate of drug-likeness (QED) is 0.270. The molecule has 2 fully saturated rings. The van der Waals surface area contributed by atoms with Gasteiger partial charge >= 0.3 is 0 Å². The van der Waals surface area contributed by atoms with Crippen molar-refractivity contribution in [1.29, 1.82) is 0 Å². The molecule has 2 aliphatic rings. The van der Waals surface area contributed by atoms with Gasteiger partial charge in [0.25, 0.3) is 0 Å². The van der Waals surface area contributed by atoms with Gasteiger partial charge in [-0.25, -0.2) is 0 Å². The summed E-state index contributed by atoms with van der Waals surface area (Å²) >= 11 is 0. The fraction of sp³-hybridized carbons (Fsp3) is 1.00. The minimum Gasteiger partial charge on any atom is -0.394 e. The summed E-state index contributed by atoms with van der Waals surface area (Å²) in [6.07, 6.45) is -0.0273. The Morgan fingerprint density at radius 3 is 2.15 bits per heavy atom. The summed E-state index contributed by atoms with van der Waals surface area (Å²) in [4.78, 5) is 0. The lowest BCUT2D eigenvalue weighted by Gasteiger charge is -2.20. The smallest absolute Gasteiger partial charge is 0.186 e. The zero-order valence-corrected chi connectivity index (χ0v) is 16.0. The van der Waals surface area contributed by atoms with Gasteiger partial charge in [0.1, 0.15) is 30.5 Å². The van der Waals surface area contributed by atoms with Crippen LogP contribution in [0, 0.1) is 0 Å². The molecule has 0 aromatic carbocycles. The van der Waals surface area contributed by atoms with E-state index in [1.54, 1.807) is 0 Å². The summed E-state index contributed by atoms with van der Waals surface area (Å²) in [5, 5.41) is 39.1. The van der Waals surface area contributed by atoms with E-state index in [2.05, 4.69) is 6.92 Å². The van der Waals surface area contributed by atoms with Gasteiger partial charge in [-0.15, -0.1) is 0 Å². The number of aliphatic hydroxyl groups is 4. The van der Waals surface area contributed by atoms with Gasteiger partial charge < -0.3 is 45.1 Å². The van der Waals surface area contributed by atoms with E-state index >= 15 is 0 Å². The van der Waals surface area contributed by atoms with Crippen molar-refractivity contribution < 1.29 is 39.4 Å². The maximum absolute atomic E-state index is 10.1. The summed E-state index contributed by atoms with van der Waals surface area (Å²) in [6, 6.07) is -0.814. The summed E-state index contributed by atoms with van der Waals surface area (Å²) < 4.78 is 21.9. The van der Waals surface area contributed by atoms with E-state index in [0.717, 1.165) is 19.3 Å². The Morgan fingerprint density at radius 2 is 1.48 bits per heavy atom. The fourth-order valence-electron chi connectivity index (χ4n) is 3.32. The molecule has 2 heterocycles. The average Bonchev–Trinajstić information content (AvgIpc) is 3.10.